The van der Waals surface area contributed by atoms with Crippen LogP contribution in [0.25, 0.3) is 0 Å². The number of aliphatic hydroxyl groups is 1. The van der Waals surface area contributed by atoms with Gasteiger partial charge in [-0.2, -0.15) is 0 Å². The van der Waals surface area contributed by atoms with Gasteiger partial charge < -0.3 is 10.0 Å². The van der Waals surface area contributed by atoms with Crippen LogP contribution in [0.3, 0.4) is 0 Å². The highest BCUT2D eigenvalue weighted by atomic mass is 16.3. The fraction of sp³-hybridized carbons (Fsp3) is 0.294. The lowest BCUT2D eigenvalue weighted by Crippen LogP contribution is -2.28. The Balaban J connectivity index is 2.08. The van der Waals surface area contributed by atoms with Crippen LogP contribution in [-0.4, -0.2) is 18.2 Å². The lowest BCUT2D eigenvalue weighted by atomic mass is 10.1. The molecular weight excluding hydrogens is 234 g/mol. The van der Waals surface area contributed by atoms with Gasteiger partial charge in [0, 0.05) is 18.8 Å². The van der Waals surface area contributed by atoms with Gasteiger partial charge in [-0.1, -0.05) is 48.0 Å². The van der Waals surface area contributed by atoms with E-state index in [4.69, 9.17) is 0 Å². The maximum Gasteiger partial charge on any atom is 0.0964 e. The minimum atomic E-state index is -0.458. The largest absolute Gasteiger partial charge is 0.387 e. The normalized spacial score (nSPS) is 12.2. The number of aliphatic hydroxyl groups excluding tert-OH is 1. The summed E-state index contributed by atoms with van der Waals surface area (Å²) in [6.07, 6.45) is -0.458. The lowest BCUT2D eigenvalue weighted by molar-refractivity contribution is 0.183. The zero-order chi connectivity index (χ0) is 13.7. The van der Waals surface area contributed by atoms with Gasteiger partial charge >= 0.3 is 0 Å². The van der Waals surface area contributed by atoms with Gasteiger partial charge in [-0.15, -0.1) is 0 Å². The molecule has 0 spiro atoms. The van der Waals surface area contributed by atoms with Gasteiger partial charge in [0.05, 0.1) is 6.10 Å². The molecule has 1 N–H and O–H groups in total. The highest BCUT2D eigenvalue weighted by molar-refractivity contribution is 5.46. The maximum absolute atomic E-state index is 10.3. The Hall–Kier alpha value is -1.80. The Morgan fingerprint density at radius 2 is 1.63 bits per heavy atom. The Bertz CT molecular complexity index is 492. The molecule has 0 heterocycles. The van der Waals surface area contributed by atoms with E-state index in [1.165, 1.54) is 5.56 Å². The molecule has 19 heavy (non-hydrogen) atoms. The smallest absolute Gasteiger partial charge is 0.0964 e. The molecule has 0 amide bonds. The quantitative estimate of drug-likeness (QED) is 0.883. The van der Waals surface area contributed by atoms with Crippen molar-refractivity contribution in [2.24, 2.45) is 0 Å². The summed E-state index contributed by atoms with van der Waals surface area (Å²) in [5, 5.41) is 10.3. The molecule has 0 saturated carbocycles. The number of rotatable bonds is 5. The molecule has 2 aromatic rings. The summed E-state index contributed by atoms with van der Waals surface area (Å²) < 4.78 is 0. The third-order valence-corrected chi connectivity index (χ3v) is 3.36. The molecule has 0 bridgehead atoms. The van der Waals surface area contributed by atoms with Crippen molar-refractivity contribution in [3.05, 3.63) is 65.7 Å². The van der Waals surface area contributed by atoms with Crippen LogP contribution in [0.1, 0.15) is 24.2 Å². The van der Waals surface area contributed by atoms with Crippen molar-refractivity contribution >= 4 is 5.69 Å². The molecule has 0 aliphatic rings. The van der Waals surface area contributed by atoms with E-state index in [1.54, 1.807) is 0 Å². The number of hydrogen-bond donors (Lipinski definition) is 1. The number of anilines is 1. The van der Waals surface area contributed by atoms with Crippen molar-refractivity contribution < 1.29 is 5.11 Å². The predicted octanol–water partition coefficient (Wildman–Crippen LogP) is 3.55. The van der Waals surface area contributed by atoms with Crippen molar-refractivity contribution in [1.29, 1.82) is 0 Å². The van der Waals surface area contributed by atoms with Crippen LogP contribution in [0.2, 0.25) is 0 Å². The zero-order valence-electron chi connectivity index (χ0n) is 11.6. The second-order valence-electron chi connectivity index (χ2n) is 4.80. The van der Waals surface area contributed by atoms with E-state index >= 15 is 0 Å². The Morgan fingerprint density at radius 3 is 2.21 bits per heavy atom. The molecule has 0 fully saturated rings. The summed E-state index contributed by atoms with van der Waals surface area (Å²) in [5.41, 5.74) is 3.34. The maximum atomic E-state index is 10.3. The first-order valence-electron chi connectivity index (χ1n) is 6.75. The number of likely N-dealkylation sites (N-methyl/N-ethyl adjacent to an activating group) is 1. The molecule has 0 aliphatic carbocycles. The standard InChI is InChI=1S/C17H21NO/c1-3-18(16-7-5-4-6-8-16)13-17(19)15-11-9-14(2)10-12-15/h4-12,17,19H,3,13H2,1-2H3. The fourth-order valence-corrected chi connectivity index (χ4v) is 2.16. The molecule has 0 aliphatic heterocycles. The highest BCUT2D eigenvalue weighted by Gasteiger charge is 2.12. The average molecular weight is 255 g/mol. The lowest BCUT2D eigenvalue weighted by Gasteiger charge is -2.26. The second kappa shape index (κ2) is 6.39. The minimum absolute atomic E-state index is 0.458. The predicted molar refractivity (Wildman–Crippen MR) is 80.5 cm³/mol. The average Bonchev–Trinajstić information content (AvgIpc) is 2.46. The minimum Gasteiger partial charge on any atom is -0.387 e. The summed E-state index contributed by atoms with van der Waals surface area (Å²) >= 11 is 0. The monoisotopic (exact) mass is 255 g/mol. The van der Waals surface area contributed by atoms with Gasteiger partial charge in [-0.25, -0.2) is 0 Å². The van der Waals surface area contributed by atoms with Crippen LogP contribution in [0.4, 0.5) is 5.69 Å². The third kappa shape index (κ3) is 3.58. The van der Waals surface area contributed by atoms with Crippen LogP contribution < -0.4 is 4.90 Å². The van der Waals surface area contributed by atoms with Crippen molar-refractivity contribution in [3.8, 4) is 0 Å². The van der Waals surface area contributed by atoms with Crippen molar-refractivity contribution in [2.75, 3.05) is 18.0 Å². The van der Waals surface area contributed by atoms with Crippen molar-refractivity contribution in [3.63, 3.8) is 0 Å². The van der Waals surface area contributed by atoms with Crippen molar-refractivity contribution in [2.45, 2.75) is 20.0 Å². The van der Waals surface area contributed by atoms with E-state index in [2.05, 4.69) is 30.9 Å². The van der Waals surface area contributed by atoms with Crippen LogP contribution in [0.15, 0.2) is 54.6 Å². The molecule has 0 radical (unpaired) electrons. The van der Waals surface area contributed by atoms with Crippen LogP contribution in [0.5, 0.6) is 0 Å². The number of nitrogens with zero attached hydrogens (tertiary/aromatic N) is 1. The number of para-hydroxylation sites is 1. The fourth-order valence-electron chi connectivity index (χ4n) is 2.16. The highest BCUT2D eigenvalue weighted by Crippen LogP contribution is 2.19. The molecule has 100 valence electrons. The van der Waals surface area contributed by atoms with Gasteiger partial charge in [0.1, 0.15) is 0 Å². The van der Waals surface area contributed by atoms with Gasteiger partial charge in [0.2, 0.25) is 0 Å². The van der Waals surface area contributed by atoms with E-state index in [-0.39, 0.29) is 0 Å². The molecule has 0 saturated heterocycles. The third-order valence-electron chi connectivity index (χ3n) is 3.36. The molecule has 2 aromatic carbocycles. The molecule has 2 heteroatoms. The Labute approximate surface area is 115 Å². The van der Waals surface area contributed by atoms with Gasteiger partial charge in [0.15, 0.2) is 0 Å². The SMILES string of the molecule is CCN(CC(O)c1ccc(C)cc1)c1ccccc1. The van der Waals surface area contributed by atoms with E-state index in [0.717, 1.165) is 17.8 Å². The molecule has 2 nitrogen and oxygen atoms in total. The van der Waals surface area contributed by atoms with Crippen LogP contribution in [-0.2, 0) is 0 Å². The number of aryl methyl sites for hydroxylation is 1. The summed E-state index contributed by atoms with van der Waals surface area (Å²) in [6.45, 7) is 5.66. The van der Waals surface area contributed by atoms with Crippen LogP contribution >= 0.6 is 0 Å². The summed E-state index contributed by atoms with van der Waals surface area (Å²) in [4.78, 5) is 2.19. The molecular formula is C17H21NO. The van der Waals surface area contributed by atoms with E-state index in [9.17, 15) is 5.11 Å². The molecule has 0 aromatic heterocycles. The first-order chi connectivity index (χ1) is 9.20. The Kier molecular flexibility index (Phi) is 4.58. The van der Waals surface area contributed by atoms with E-state index in [0.29, 0.717) is 6.54 Å². The Morgan fingerprint density at radius 1 is 1.00 bits per heavy atom. The summed E-state index contributed by atoms with van der Waals surface area (Å²) in [5.74, 6) is 0. The first kappa shape index (κ1) is 13.6. The summed E-state index contributed by atoms with van der Waals surface area (Å²) in [6, 6.07) is 18.3. The van der Waals surface area contributed by atoms with Crippen LogP contribution in [0, 0.1) is 6.92 Å². The molecule has 1 unspecified atom stereocenters. The zero-order valence-corrected chi connectivity index (χ0v) is 11.6. The van der Waals surface area contributed by atoms with E-state index < -0.39 is 6.10 Å². The number of benzene rings is 2. The van der Waals surface area contributed by atoms with E-state index in [1.807, 2.05) is 42.5 Å². The topological polar surface area (TPSA) is 23.5 Å². The molecule has 2 rings (SSSR count). The molecule has 1 atom stereocenters. The van der Waals surface area contributed by atoms with Gasteiger partial charge in [-0.05, 0) is 31.5 Å². The van der Waals surface area contributed by atoms with Crippen molar-refractivity contribution in [1.82, 2.24) is 0 Å². The van der Waals surface area contributed by atoms with Gasteiger partial charge in [-0.3, -0.25) is 0 Å². The summed E-state index contributed by atoms with van der Waals surface area (Å²) in [7, 11) is 0. The second-order valence-corrected chi connectivity index (χ2v) is 4.80. The van der Waals surface area contributed by atoms with Gasteiger partial charge in [0.25, 0.3) is 0 Å². The first-order valence-corrected chi connectivity index (χ1v) is 6.75. The number of hydrogen-bond acceptors (Lipinski definition) is 2.